The van der Waals surface area contributed by atoms with Crippen LogP contribution >= 0.6 is 12.4 Å². The fraction of sp³-hybridized carbons (Fsp3) is 0.393. The molecule has 1 aliphatic rings. The van der Waals surface area contributed by atoms with Gasteiger partial charge >= 0.3 is 5.97 Å². The van der Waals surface area contributed by atoms with Gasteiger partial charge in [-0.2, -0.15) is 0 Å². The molecule has 0 unspecified atom stereocenters. The lowest BCUT2D eigenvalue weighted by Crippen LogP contribution is -2.36. The van der Waals surface area contributed by atoms with Crippen molar-refractivity contribution in [3.8, 4) is 5.75 Å². The Balaban J connectivity index is 0.00000533. The van der Waals surface area contributed by atoms with Crippen molar-refractivity contribution < 1.29 is 29.0 Å². The van der Waals surface area contributed by atoms with Gasteiger partial charge in [-0.05, 0) is 53.8 Å². The van der Waals surface area contributed by atoms with Gasteiger partial charge in [0.05, 0.1) is 18.7 Å². The van der Waals surface area contributed by atoms with Crippen molar-refractivity contribution in [1.29, 1.82) is 5.41 Å². The van der Waals surface area contributed by atoms with Crippen LogP contribution in [0.15, 0.2) is 30.3 Å². The molecule has 0 saturated heterocycles. The molecule has 210 valence electrons. The largest absolute Gasteiger partial charge is 0.493 e. The van der Waals surface area contributed by atoms with Crippen LogP contribution in [0.25, 0.3) is 0 Å². The van der Waals surface area contributed by atoms with Crippen molar-refractivity contribution in [1.82, 2.24) is 10.2 Å². The molecular weight excluding hydrogens is 524 g/mol. The molecule has 2 amide bonds. The van der Waals surface area contributed by atoms with E-state index in [1.807, 2.05) is 27.7 Å². The number of halogens is 1. The molecule has 0 aliphatic carbocycles. The summed E-state index contributed by atoms with van der Waals surface area (Å²) in [7, 11) is 1.52. The Kier molecular flexibility index (Phi) is 9.87. The second-order valence-electron chi connectivity index (χ2n) is 10.1. The van der Waals surface area contributed by atoms with Crippen molar-refractivity contribution in [2.45, 2.75) is 46.6 Å². The number of benzene rings is 2. The third-order valence-corrected chi connectivity index (χ3v) is 6.33. The van der Waals surface area contributed by atoms with Crippen LogP contribution in [0.5, 0.6) is 5.75 Å². The van der Waals surface area contributed by atoms with E-state index in [4.69, 9.17) is 10.1 Å². The number of fused-ring (bicyclic) bond motifs is 1. The zero-order valence-electron chi connectivity index (χ0n) is 23.0. The number of rotatable bonds is 9. The van der Waals surface area contributed by atoms with Crippen LogP contribution < -0.4 is 15.0 Å². The quantitative estimate of drug-likeness (QED) is 0.399. The molecule has 0 bridgehead atoms. The van der Waals surface area contributed by atoms with Gasteiger partial charge in [-0.1, -0.05) is 20.8 Å². The Morgan fingerprint density at radius 1 is 1.15 bits per heavy atom. The highest BCUT2D eigenvalue weighted by atomic mass is 35.5. The summed E-state index contributed by atoms with van der Waals surface area (Å²) < 4.78 is 5.64. The number of ketones is 1. The summed E-state index contributed by atoms with van der Waals surface area (Å²) in [5.74, 6) is -1.55. The third-order valence-electron chi connectivity index (χ3n) is 6.33. The van der Waals surface area contributed by atoms with Crippen LogP contribution in [0, 0.1) is 5.41 Å². The Morgan fingerprint density at radius 3 is 2.36 bits per heavy atom. The van der Waals surface area contributed by atoms with E-state index in [9.17, 15) is 24.3 Å². The fourth-order valence-electron chi connectivity index (χ4n) is 4.46. The first-order valence-corrected chi connectivity index (χ1v) is 12.3. The van der Waals surface area contributed by atoms with Gasteiger partial charge in [0.25, 0.3) is 5.91 Å². The number of anilines is 1. The van der Waals surface area contributed by atoms with Crippen molar-refractivity contribution in [2.75, 3.05) is 31.6 Å². The Morgan fingerprint density at radius 2 is 1.82 bits per heavy atom. The fourth-order valence-corrected chi connectivity index (χ4v) is 4.46. The molecule has 2 aromatic rings. The van der Waals surface area contributed by atoms with Gasteiger partial charge in [-0.25, -0.2) is 0 Å². The molecule has 0 fully saturated rings. The SMILES string of the molecule is CCOc1cc2c(cc1C(=O)NC)C(=N)N(CC(=O)c1ccc(N(CC(=O)O)C(C)=O)c(C(C)(C)C)c1)C2.Cl. The average molecular weight is 559 g/mol. The van der Waals surface area contributed by atoms with E-state index in [2.05, 4.69) is 5.32 Å². The van der Waals surface area contributed by atoms with Gasteiger partial charge < -0.3 is 25.0 Å². The lowest BCUT2D eigenvalue weighted by Gasteiger charge is -2.29. The van der Waals surface area contributed by atoms with E-state index >= 15 is 0 Å². The molecule has 0 aromatic heterocycles. The predicted octanol–water partition coefficient (Wildman–Crippen LogP) is 3.63. The van der Waals surface area contributed by atoms with E-state index in [0.29, 0.717) is 46.8 Å². The molecule has 1 heterocycles. The van der Waals surface area contributed by atoms with Crippen molar-refractivity contribution in [2.24, 2.45) is 0 Å². The Hall–Kier alpha value is -3.92. The molecule has 10 nitrogen and oxygen atoms in total. The number of carboxylic acid groups (broad SMARTS) is 1. The third kappa shape index (κ3) is 6.75. The number of carbonyl (C=O) groups excluding carboxylic acids is 3. The second kappa shape index (κ2) is 12.3. The first kappa shape index (κ1) is 31.3. The van der Waals surface area contributed by atoms with Crippen LogP contribution in [0.3, 0.4) is 0 Å². The number of hydrogen-bond donors (Lipinski definition) is 3. The van der Waals surface area contributed by atoms with Crippen LogP contribution in [-0.2, 0) is 21.5 Å². The van der Waals surface area contributed by atoms with Gasteiger partial charge in [-0.3, -0.25) is 24.6 Å². The second-order valence-corrected chi connectivity index (χ2v) is 10.1. The molecule has 3 N–H and O–H groups in total. The number of aliphatic carboxylic acids is 1. The number of amides is 2. The normalized spacial score (nSPS) is 12.4. The van der Waals surface area contributed by atoms with Crippen molar-refractivity contribution >= 4 is 47.5 Å². The predicted molar refractivity (Wildman–Crippen MR) is 151 cm³/mol. The number of nitrogens with one attached hydrogen (secondary N) is 2. The summed E-state index contributed by atoms with van der Waals surface area (Å²) in [6.45, 7) is 9.03. The van der Waals surface area contributed by atoms with Crippen LogP contribution in [-0.4, -0.2) is 66.2 Å². The number of Topliss-reactive ketones (excluding diaryl/α,β-unsaturated/α-hetero) is 1. The highest BCUT2D eigenvalue weighted by Crippen LogP contribution is 2.34. The molecular formula is C28H35ClN4O6. The summed E-state index contributed by atoms with van der Waals surface area (Å²) in [5, 5.41) is 20.5. The first-order valence-electron chi connectivity index (χ1n) is 12.3. The summed E-state index contributed by atoms with van der Waals surface area (Å²) in [6.07, 6.45) is 0. The molecule has 39 heavy (non-hydrogen) atoms. The average Bonchev–Trinajstić information content (AvgIpc) is 3.14. The zero-order chi connectivity index (χ0) is 28.4. The van der Waals surface area contributed by atoms with Crippen LogP contribution in [0.2, 0.25) is 0 Å². The van der Waals surface area contributed by atoms with Gasteiger partial charge in [0.1, 0.15) is 18.1 Å². The molecule has 0 radical (unpaired) electrons. The summed E-state index contributed by atoms with van der Waals surface area (Å²) >= 11 is 0. The standard InChI is InChI=1S/C28H34N4O6.ClH/c1-7-38-24-11-18-13-31(26(29)19(18)12-20(24)27(37)30-6)14-23(34)17-8-9-22(21(10-17)28(3,4)5)32(16(2)33)15-25(35)36;/h8-12,29H,7,13-15H2,1-6H3,(H,30,37)(H,35,36);1H. The van der Waals surface area contributed by atoms with Crippen molar-refractivity contribution in [3.63, 3.8) is 0 Å². The Bertz CT molecular complexity index is 1320. The highest BCUT2D eigenvalue weighted by molar-refractivity contribution is 6.08. The minimum Gasteiger partial charge on any atom is -0.493 e. The van der Waals surface area contributed by atoms with Gasteiger partial charge in [0.15, 0.2) is 5.78 Å². The number of amidine groups is 1. The lowest BCUT2D eigenvalue weighted by atomic mass is 9.84. The maximum absolute atomic E-state index is 13.4. The topological polar surface area (TPSA) is 140 Å². The van der Waals surface area contributed by atoms with Gasteiger partial charge in [-0.15, -0.1) is 12.4 Å². The molecule has 11 heteroatoms. The van der Waals surface area contributed by atoms with Crippen molar-refractivity contribution in [3.05, 3.63) is 58.1 Å². The van der Waals surface area contributed by atoms with Gasteiger partial charge in [0, 0.05) is 37.3 Å². The molecule has 1 aliphatic heterocycles. The van der Waals surface area contributed by atoms with E-state index < -0.39 is 23.8 Å². The van der Waals surface area contributed by atoms with Crippen LogP contribution in [0.4, 0.5) is 5.69 Å². The molecule has 2 aromatic carbocycles. The minimum absolute atomic E-state index is 0. The summed E-state index contributed by atoms with van der Waals surface area (Å²) in [4.78, 5) is 52.1. The first-order chi connectivity index (χ1) is 17.8. The highest BCUT2D eigenvalue weighted by Gasteiger charge is 2.30. The zero-order valence-corrected chi connectivity index (χ0v) is 23.8. The number of hydrogen-bond acceptors (Lipinski definition) is 6. The van der Waals surface area contributed by atoms with E-state index in [0.717, 1.165) is 5.56 Å². The Labute approximate surface area is 234 Å². The smallest absolute Gasteiger partial charge is 0.323 e. The molecule has 0 saturated carbocycles. The number of carboxylic acids is 1. The van der Waals surface area contributed by atoms with Crippen LogP contribution in [0.1, 0.15) is 72.0 Å². The monoisotopic (exact) mass is 558 g/mol. The molecule has 0 spiro atoms. The number of ether oxygens (including phenoxy) is 1. The summed E-state index contributed by atoms with van der Waals surface area (Å²) in [6, 6.07) is 8.24. The van der Waals surface area contributed by atoms with E-state index in [-0.39, 0.29) is 36.5 Å². The van der Waals surface area contributed by atoms with E-state index in [1.165, 1.54) is 18.9 Å². The maximum Gasteiger partial charge on any atom is 0.323 e. The number of carbonyl (C=O) groups is 4. The maximum atomic E-state index is 13.4. The summed E-state index contributed by atoms with van der Waals surface area (Å²) in [5.41, 5.74) is 2.69. The minimum atomic E-state index is -1.14. The van der Waals surface area contributed by atoms with Gasteiger partial charge in [0.2, 0.25) is 5.91 Å². The lowest BCUT2D eigenvalue weighted by molar-refractivity contribution is -0.136. The molecule has 3 rings (SSSR count). The molecule has 0 atom stereocenters. The van der Waals surface area contributed by atoms with E-state index in [1.54, 1.807) is 35.2 Å². The number of nitrogens with zero attached hydrogens (tertiary/aromatic N) is 2.